The summed E-state index contributed by atoms with van der Waals surface area (Å²) in [5.74, 6) is 0.161. The molecule has 1 heterocycles. The zero-order chi connectivity index (χ0) is 20.1. The van der Waals surface area contributed by atoms with E-state index in [-0.39, 0.29) is 16.6 Å². The van der Waals surface area contributed by atoms with Crippen LogP contribution in [-0.4, -0.2) is 25.9 Å². The molecule has 7 nitrogen and oxygen atoms in total. The summed E-state index contributed by atoms with van der Waals surface area (Å²) in [5, 5.41) is 6.86. The second-order valence-electron chi connectivity index (χ2n) is 6.32. The highest BCUT2D eigenvalue weighted by atomic mass is 32.2. The fraction of sp³-hybridized carbons (Fsp3) is 0.200. The van der Waals surface area contributed by atoms with Crippen LogP contribution in [0.4, 0.5) is 11.6 Å². The number of Topliss-reactive ketones (excluding diaryl/α,β-unsaturated/α-hetero) is 1. The molecule has 0 aliphatic carbocycles. The Labute approximate surface area is 163 Å². The summed E-state index contributed by atoms with van der Waals surface area (Å²) >= 11 is 0. The first-order chi connectivity index (χ1) is 13.4. The third-order valence-corrected chi connectivity index (χ3v) is 5.67. The molecule has 0 bridgehead atoms. The van der Waals surface area contributed by atoms with Gasteiger partial charge in [0.05, 0.1) is 10.6 Å². The summed E-state index contributed by atoms with van der Waals surface area (Å²) in [7, 11) is -3.77. The van der Waals surface area contributed by atoms with Crippen molar-refractivity contribution in [3.63, 3.8) is 0 Å². The molecular formula is C20H21N3O4S. The second kappa shape index (κ2) is 8.26. The number of nitrogens with one attached hydrogen (secondary N) is 2. The molecule has 0 saturated carbocycles. The lowest BCUT2D eigenvalue weighted by Crippen LogP contribution is -2.13. The highest BCUT2D eigenvalue weighted by Crippen LogP contribution is 2.22. The lowest BCUT2D eigenvalue weighted by molar-refractivity contribution is 0.0986. The van der Waals surface area contributed by atoms with E-state index in [9.17, 15) is 13.2 Å². The van der Waals surface area contributed by atoms with Crippen LogP contribution in [-0.2, 0) is 10.0 Å². The molecule has 2 N–H and O–H groups in total. The summed E-state index contributed by atoms with van der Waals surface area (Å²) in [6.07, 6.45) is 0.343. The zero-order valence-corrected chi connectivity index (χ0v) is 16.4. The molecule has 0 fully saturated rings. The minimum Gasteiger partial charge on any atom is -0.385 e. The van der Waals surface area contributed by atoms with E-state index in [0.29, 0.717) is 29.8 Å². The van der Waals surface area contributed by atoms with Crippen LogP contribution in [0.2, 0.25) is 0 Å². The molecule has 146 valence electrons. The van der Waals surface area contributed by atoms with Crippen molar-refractivity contribution in [1.82, 2.24) is 5.16 Å². The fourth-order valence-corrected chi connectivity index (χ4v) is 3.58. The predicted octanol–water partition coefficient (Wildman–Crippen LogP) is 3.78. The first-order valence-corrected chi connectivity index (χ1v) is 10.2. The van der Waals surface area contributed by atoms with Gasteiger partial charge in [-0.2, -0.15) is 0 Å². The van der Waals surface area contributed by atoms with Crippen molar-refractivity contribution < 1.29 is 17.7 Å². The van der Waals surface area contributed by atoms with E-state index in [1.807, 2.05) is 18.2 Å². The average molecular weight is 399 g/mol. The van der Waals surface area contributed by atoms with Crippen LogP contribution in [0.25, 0.3) is 0 Å². The lowest BCUT2D eigenvalue weighted by Gasteiger charge is -2.09. The second-order valence-corrected chi connectivity index (χ2v) is 8.00. The number of carbonyl (C=O) groups excluding carboxylic acids is 1. The number of aryl methyl sites for hydroxylation is 1. The smallest absolute Gasteiger partial charge is 0.264 e. The predicted molar refractivity (Wildman–Crippen MR) is 107 cm³/mol. The highest BCUT2D eigenvalue weighted by Gasteiger charge is 2.19. The third-order valence-electron chi connectivity index (χ3n) is 4.33. The number of benzene rings is 2. The lowest BCUT2D eigenvalue weighted by atomic mass is 10.1. The molecule has 8 heteroatoms. The molecule has 3 rings (SSSR count). The van der Waals surface area contributed by atoms with E-state index >= 15 is 0 Å². The van der Waals surface area contributed by atoms with Gasteiger partial charge in [-0.3, -0.25) is 4.79 Å². The largest absolute Gasteiger partial charge is 0.385 e. The maximum atomic E-state index is 12.5. The molecule has 0 aliphatic heterocycles. The van der Waals surface area contributed by atoms with Gasteiger partial charge in [0.25, 0.3) is 10.0 Å². The van der Waals surface area contributed by atoms with E-state index < -0.39 is 10.0 Å². The van der Waals surface area contributed by atoms with Gasteiger partial charge in [-0.05, 0) is 38.1 Å². The summed E-state index contributed by atoms with van der Waals surface area (Å²) in [4.78, 5) is 12.2. The Kier molecular flexibility index (Phi) is 5.79. The maximum Gasteiger partial charge on any atom is 0.264 e. The van der Waals surface area contributed by atoms with Gasteiger partial charge in [0.1, 0.15) is 0 Å². The standard InChI is InChI=1S/C20H21N3O4S/c1-14-15(2)22-27-20(14)23-28(25,26)18-10-8-17(9-11-18)21-13-12-19(24)16-6-4-3-5-7-16/h3-11,21,23H,12-13H2,1-2H3. The van der Waals surface area contributed by atoms with Crippen molar-refractivity contribution in [1.29, 1.82) is 0 Å². The highest BCUT2D eigenvalue weighted by molar-refractivity contribution is 7.92. The maximum absolute atomic E-state index is 12.5. The summed E-state index contributed by atoms with van der Waals surface area (Å²) in [6.45, 7) is 3.92. The number of carbonyl (C=O) groups is 1. The molecule has 0 saturated heterocycles. The van der Waals surface area contributed by atoms with E-state index in [1.165, 1.54) is 12.1 Å². The van der Waals surface area contributed by atoms with E-state index in [4.69, 9.17) is 4.52 Å². The van der Waals surface area contributed by atoms with Crippen molar-refractivity contribution in [2.75, 3.05) is 16.6 Å². The number of ketones is 1. The van der Waals surface area contributed by atoms with Crippen molar-refractivity contribution in [3.05, 3.63) is 71.4 Å². The van der Waals surface area contributed by atoms with Gasteiger partial charge in [0.15, 0.2) is 5.78 Å². The topological polar surface area (TPSA) is 101 Å². The molecule has 3 aromatic rings. The molecule has 0 aliphatic rings. The van der Waals surface area contributed by atoms with Crippen LogP contribution in [0.15, 0.2) is 64.0 Å². The normalized spacial score (nSPS) is 11.2. The molecule has 2 aromatic carbocycles. The Balaban J connectivity index is 1.58. The van der Waals surface area contributed by atoms with Crippen molar-refractivity contribution in [2.24, 2.45) is 0 Å². The minimum atomic E-state index is -3.77. The molecule has 0 atom stereocenters. The molecule has 0 radical (unpaired) electrons. The van der Waals surface area contributed by atoms with E-state index in [1.54, 1.807) is 38.1 Å². The number of hydrogen-bond donors (Lipinski definition) is 2. The monoisotopic (exact) mass is 399 g/mol. The SMILES string of the molecule is Cc1noc(NS(=O)(=O)c2ccc(NCCC(=O)c3ccccc3)cc2)c1C. The average Bonchev–Trinajstić information content (AvgIpc) is 3.00. The quantitative estimate of drug-likeness (QED) is 0.559. The summed E-state index contributed by atoms with van der Waals surface area (Å²) in [6, 6.07) is 15.4. The van der Waals surface area contributed by atoms with Crippen LogP contribution in [0.5, 0.6) is 0 Å². The molecule has 28 heavy (non-hydrogen) atoms. The molecule has 0 unspecified atom stereocenters. The Hall–Kier alpha value is -3.13. The Bertz CT molecular complexity index is 1060. The molecule has 1 aromatic heterocycles. The van der Waals surface area contributed by atoms with Gasteiger partial charge in [-0.25, -0.2) is 13.1 Å². The van der Waals surface area contributed by atoms with E-state index in [2.05, 4.69) is 15.2 Å². The van der Waals surface area contributed by atoms with Crippen LogP contribution < -0.4 is 10.0 Å². The number of nitrogens with zero attached hydrogens (tertiary/aromatic N) is 1. The molecule has 0 spiro atoms. The molecular weight excluding hydrogens is 378 g/mol. The van der Waals surface area contributed by atoms with Crippen LogP contribution >= 0.6 is 0 Å². The fourth-order valence-electron chi connectivity index (χ4n) is 2.53. The Morgan fingerprint density at radius 1 is 1.04 bits per heavy atom. The van der Waals surface area contributed by atoms with Crippen LogP contribution in [0.3, 0.4) is 0 Å². The summed E-state index contributed by atoms with van der Waals surface area (Å²) in [5.41, 5.74) is 2.67. The first-order valence-electron chi connectivity index (χ1n) is 8.75. The van der Waals surface area contributed by atoms with E-state index in [0.717, 1.165) is 5.69 Å². The summed E-state index contributed by atoms with van der Waals surface area (Å²) < 4.78 is 32.3. The third kappa shape index (κ3) is 4.58. The van der Waals surface area contributed by atoms with Gasteiger partial charge in [-0.15, -0.1) is 0 Å². The van der Waals surface area contributed by atoms with Gasteiger partial charge >= 0.3 is 0 Å². The van der Waals surface area contributed by atoms with Gasteiger partial charge in [-0.1, -0.05) is 35.5 Å². The van der Waals surface area contributed by atoms with Crippen LogP contribution in [0, 0.1) is 13.8 Å². The number of aromatic nitrogens is 1. The Morgan fingerprint density at radius 3 is 2.32 bits per heavy atom. The number of anilines is 2. The van der Waals surface area contributed by atoms with Crippen LogP contribution in [0.1, 0.15) is 28.0 Å². The number of rotatable bonds is 8. The number of hydrogen-bond acceptors (Lipinski definition) is 6. The van der Waals surface area contributed by atoms with Gasteiger partial charge < -0.3 is 9.84 Å². The van der Waals surface area contributed by atoms with Crippen molar-refractivity contribution in [3.8, 4) is 0 Å². The first kappa shape index (κ1) is 19.6. The Morgan fingerprint density at radius 2 is 1.71 bits per heavy atom. The van der Waals surface area contributed by atoms with Gasteiger partial charge in [0, 0.05) is 29.8 Å². The number of sulfonamides is 1. The van der Waals surface area contributed by atoms with Gasteiger partial charge in [0.2, 0.25) is 5.88 Å². The van der Waals surface area contributed by atoms with Crippen molar-refractivity contribution in [2.45, 2.75) is 25.2 Å². The van der Waals surface area contributed by atoms with Crippen molar-refractivity contribution >= 4 is 27.4 Å². The minimum absolute atomic E-state index is 0.0502. The molecule has 0 amide bonds. The zero-order valence-electron chi connectivity index (χ0n) is 15.6.